The number of hydrogen-bond donors (Lipinski definition) is 1. The van der Waals surface area contributed by atoms with Crippen LogP contribution >= 0.6 is 0 Å². The number of pyridine rings is 2. The quantitative estimate of drug-likeness (QED) is 0.338. The number of ether oxygens (including phenoxy) is 1. The smallest absolute Gasteiger partial charge is 0.258 e. The average molecular weight is 586 g/mol. The maximum atomic E-state index is 13.0. The summed E-state index contributed by atoms with van der Waals surface area (Å²) < 4.78 is 12.5. The second-order valence-corrected chi connectivity index (χ2v) is 12.4. The van der Waals surface area contributed by atoms with Gasteiger partial charge in [-0.05, 0) is 37.8 Å². The SMILES string of the molecule is Cc1ncc(C(=O)Nc2cc(C(C)(C)C)on2)cc1-n1cc(-c2cncc(N3CCC(CN4CCOCC4)CC3)c2)nn1. The molecule has 2 aliphatic rings. The highest BCUT2D eigenvalue weighted by Gasteiger charge is 2.24. The molecule has 0 atom stereocenters. The van der Waals surface area contributed by atoms with Crippen LogP contribution in [0, 0.1) is 12.8 Å². The Balaban J connectivity index is 1.12. The van der Waals surface area contributed by atoms with Crippen LogP contribution < -0.4 is 10.2 Å². The van der Waals surface area contributed by atoms with Crippen LogP contribution in [0.2, 0.25) is 0 Å². The summed E-state index contributed by atoms with van der Waals surface area (Å²) in [5.41, 5.74) is 4.22. The van der Waals surface area contributed by atoms with Gasteiger partial charge in [-0.3, -0.25) is 19.7 Å². The summed E-state index contributed by atoms with van der Waals surface area (Å²) in [7, 11) is 0. The zero-order valence-corrected chi connectivity index (χ0v) is 25.3. The molecule has 0 bridgehead atoms. The lowest BCUT2D eigenvalue weighted by Crippen LogP contribution is -2.42. The van der Waals surface area contributed by atoms with Gasteiger partial charge in [0.25, 0.3) is 5.91 Å². The molecule has 12 heteroatoms. The molecule has 1 N–H and O–H groups in total. The van der Waals surface area contributed by atoms with Crippen molar-refractivity contribution in [1.82, 2.24) is 35.0 Å². The van der Waals surface area contributed by atoms with Crippen molar-refractivity contribution in [2.24, 2.45) is 5.92 Å². The van der Waals surface area contributed by atoms with Crippen LogP contribution in [0.4, 0.5) is 11.5 Å². The first-order valence-electron chi connectivity index (χ1n) is 14.9. The number of carbonyl (C=O) groups excluding carboxylic acids is 1. The highest BCUT2D eigenvalue weighted by Crippen LogP contribution is 2.28. The molecule has 4 aromatic rings. The minimum Gasteiger partial charge on any atom is -0.379 e. The molecule has 0 unspecified atom stereocenters. The molecular weight excluding hydrogens is 546 g/mol. The standard InChI is InChI=1S/C31H39N9O3/c1-21-27(14-24(17-33-21)30(41)34-29-15-28(43-36-29)31(2,3)4)40-20-26(35-37-40)23-13-25(18-32-16-23)39-7-5-22(6-8-39)19-38-9-11-42-12-10-38/h13-18,20,22H,5-12,19H2,1-4H3,(H,34,36,41). The summed E-state index contributed by atoms with van der Waals surface area (Å²) in [6, 6.07) is 5.61. The summed E-state index contributed by atoms with van der Waals surface area (Å²) in [5, 5.41) is 15.6. The van der Waals surface area contributed by atoms with E-state index in [1.54, 1.807) is 16.8 Å². The van der Waals surface area contributed by atoms with E-state index in [-0.39, 0.29) is 11.3 Å². The monoisotopic (exact) mass is 585 g/mol. The van der Waals surface area contributed by atoms with Gasteiger partial charge < -0.3 is 19.5 Å². The highest BCUT2D eigenvalue weighted by atomic mass is 16.5. The molecule has 12 nitrogen and oxygen atoms in total. The van der Waals surface area contributed by atoms with E-state index in [0.717, 1.165) is 68.8 Å². The number of hydrogen-bond acceptors (Lipinski definition) is 10. The van der Waals surface area contributed by atoms with Gasteiger partial charge in [0.05, 0.1) is 48.2 Å². The average Bonchev–Trinajstić information content (AvgIpc) is 3.69. The molecule has 0 aromatic carbocycles. The van der Waals surface area contributed by atoms with Gasteiger partial charge in [0.2, 0.25) is 0 Å². The van der Waals surface area contributed by atoms with Crippen LogP contribution in [0.1, 0.15) is 55.4 Å². The molecule has 1 amide bonds. The summed E-state index contributed by atoms with van der Waals surface area (Å²) in [5.74, 6) is 1.42. The normalized spacial score (nSPS) is 16.9. The van der Waals surface area contributed by atoms with Crippen molar-refractivity contribution in [1.29, 1.82) is 0 Å². The number of anilines is 2. The molecule has 2 fully saturated rings. The number of aryl methyl sites for hydroxylation is 1. The lowest BCUT2D eigenvalue weighted by atomic mass is 9.93. The van der Waals surface area contributed by atoms with E-state index in [1.165, 1.54) is 19.0 Å². The number of nitrogens with one attached hydrogen (secondary N) is 1. The Morgan fingerprint density at radius 2 is 1.84 bits per heavy atom. The molecule has 226 valence electrons. The Morgan fingerprint density at radius 3 is 2.58 bits per heavy atom. The van der Waals surface area contributed by atoms with Gasteiger partial charge in [0.15, 0.2) is 5.82 Å². The zero-order chi connectivity index (χ0) is 30.0. The van der Waals surface area contributed by atoms with Gasteiger partial charge >= 0.3 is 0 Å². The lowest BCUT2D eigenvalue weighted by Gasteiger charge is -2.37. The summed E-state index contributed by atoms with van der Waals surface area (Å²) in [4.78, 5) is 26.9. The number of piperidine rings is 1. The van der Waals surface area contributed by atoms with Gasteiger partial charge in [-0.1, -0.05) is 31.1 Å². The van der Waals surface area contributed by atoms with Crippen molar-refractivity contribution in [2.75, 3.05) is 56.2 Å². The molecular formula is C31H39N9O3. The molecule has 6 rings (SSSR count). The molecule has 43 heavy (non-hydrogen) atoms. The van der Waals surface area contributed by atoms with Gasteiger partial charge in [-0.15, -0.1) is 5.10 Å². The third-order valence-corrected chi connectivity index (χ3v) is 8.17. The molecule has 6 heterocycles. The second-order valence-electron chi connectivity index (χ2n) is 12.4. The van der Waals surface area contributed by atoms with Gasteiger partial charge in [-0.25, -0.2) is 4.68 Å². The molecule has 2 aliphatic heterocycles. The van der Waals surface area contributed by atoms with Crippen molar-refractivity contribution in [2.45, 2.75) is 46.0 Å². The number of rotatable bonds is 7. The Kier molecular flexibility index (Phi) is 8.22. The third-order valence-electron chi connectivity index (χ3n) is 8.17. The van der Waals surface area contributed by atoms with Gasteiger partial charge in [-0.2, -0.15) is 0 Å². The Hall–Kier alpha value is -4.16. The first-order valence-corrected chi connectivity index (χ1v) is 14.9. The zero-order valence-electron chi connectivity index (χ0n) is 25.3. The number of aromatic nitrogens is 6. The van der Waals surface area contributed by atoms with Crippen molar-refractivity contribution >= 4 is 17.4 Å². The third kappa shape index (κ3) is 6.75. The minimum atomic E-state index is -0.339. The van der Waals surface area contributed by atoms with E-state index >= 15 is 0 Å². The van der Waals surface area contributed by atoms with Crippen molar-refractivity contribution < 1.29 is 14.1 Å². The van der Waals surface area contributed by atoms with E-state index in [0.29, 0.717) is 28.5 Å². The van der Waals surface area contributed by atoms with Crippen LogP contribution in [0.3, 0.4) is 0 Å². The number of amides is 1. The summed E-state index contributed by atoms with van der Waals surface area (Å²) in [6.07, 6.45) is 9.45. The summed E-state index contributed by atoms with van der Waals surface area (Å²) >= 11 is 0. The first-order chi connectivity index (χ1) is 20.7. The molecule has 0 saturated carbocycles. The largest absolute Gasteiger partial charge is 0.379 e. The van der Waals surface area contributed by atoms with Crippen LogP contribution in [-0.2, 0) is 10.2 Å². The Morgan fingerprint density at radius 1 is 1.05 bits per heavy atom. The van der Waals surface area contributed by atoms with Crippen molar-refractivity contribution in [3.63, 3.8) is 0 Å². The fourth-order valence-corrected chi connectivity index (χ4v) is 5.53. The second kappa shape index (κ2) is 12.2. The molecule has 0 radical (unpaired) electrons. The Labute approximate surface area is 251 Å². The van der Waals surface area contributed by atoms with Crippen molar-refractivity contribution in [3.05, 3.63) is 60.0 Å². The van der Waals surface area contributed by atoms with Crippen LogP contribution in [0.25, 0.3) is 16.9 Å². The van der Waals surface area contributed by atoms with E-state index < -0.39 is 0 Å². The predicted octanol–water partition coefficient (Wildman–Crippen LogP) is 4.12. The minimum absolute atomic E-state index is 0.214. The number of morpholine rings is 1. The van der Waals surface area contributed by atoms with E-state index in [2.05, 4.69) is 46.6 Å². The molecule has 2 saturated heterocycles. The van der Waals surface area contributed by atoms with Gasteiger partial charge in [0, 0.05) is 62.2 Å². The van der Waals surface area contributed by atoms with Crippen LogP contribution in [-0.4, -0.2) is 86.9 Å². The summed E-state index contributed by atoms with van der Waals surface area (Å²) in [6.45, 7) is 14.9. The van der Waals surface area contributed by atoms with Crippen LogP contribution in [0.5, 0.6) is 0 Å². The first kappa shape index (κ1) is 28.9. The number of nitrogens with zero attached hydrogens (tertiary/aromatic N) is 8. The fourth-order valence-electron chi connectivity index (χ4n) is 5.53. The molecule has 0 spiro atoms. The molecule has 4 aromatic heterocycles. The van der Waals surface area contributed by atoms with Gasteiger partial charge in [0.1, 0.15) is 11.5 Å². The topological polar surface area (TPSA) is 127 Å². The van der Waals surface area contributed by atoms with Crippen molar-refractivity contribution in [3.8, 4) is 16.9 Å². The highest BCUT2D eigenvalue weighted by molar-refractivity contribution is 6.03. The maximum absolute atomic E-state index is 13.0. The van der Waals surface area contributed by atoms with E-state index in [4.69, 9.17) is 9.26 Å². The molecule has 0 aliphatic carbocycles. The lowest BCUT2D eigenvalue weighted by molar-refractivity contribution is 0.0289. The fraction of sp³-hybridized carbons (Fsp3) is 0.484. The Bertz CT molecular complexity index is 1560. The maximum Gasteiger partial charge on any atom is 0.258 e. The number of carbonyl (C=O) groups is 1. The van der Waals surface area contributed by atoms with E-state index in [9.17, 15) is 4.79 Å². The van der Waals surface area contributed by atoms with E-state index in [1.807, 2.05) is 46.3 Å². The van der Waals surface area contributed by atoms with Crippen LogP contribution in [0.15, 0.2) is 47.5 Å². The predicted molar refractivity (Wildman–Crippen MR) is 162 cm³/mol.